The summed E-state index contributed by atoms with van der Waals surface area (Å²) in [4.78, 5) is 33.1. The van der Waals surface area contributed by atoms with Gasteiger partial charge in [0.25, 0.3) is 10.0 Å². The van der Waals surface area contributed by atoms with Gasteiger partial charge in [-0.25, -0.2) is 17.8 Å². The topological polar surface area (TPSA) is 105 Å². The number of sulfonamides is 1. The summed E-state index contributed by atoms with van der Waals surface area (Å²) in [6.45, 7) is 2.20. The zero-order chi connectivity index (χ0) is 25.4. The van der Waals surface area contributed by atoms with Crippen LogP contribution in [-0.4, -0.2) is 54.3 Å². The van der Waals surface area contributed by atoms with Gasteiger partial charge in [0.1, 0.15) is 18.4 Å². The van der Waals surface area contributed by atoms with Gasteiger partial charge >= 0.3 is 0 Å². The van der Waals surface area contributed by atoms with Crippen LogP contribution in [0, 0.1) is 5.82 Å². The molecular weight excluding hydrogens is 505 g/mol. The minimum absolute atomic E-state index is 0.0481. The number of carbonyl (C=O) groups excluding carboxylic acids is 2. The number of piperazine rings is 1. The smallest absolute Gasteiger partial charge is 0.263 e. The van der Waals surface area contributed by atoms with Gasteiger partial charge in [0.05, 0.1) is 10.4 Å². The van der Waals surface area contributed by atoms with E-state index >= 15 is 0 Å². The van der Waals surface area contributed by atoms with Crippen LogP contribution in [0.3, 0.4) is 0 Å². The highest BCUT2D eigenvalue weighted by Crippen LogP contribution is 2.25. The normalized spacial score (nSPS) is 15.3. The molecule has 1 aliphatic heterocycles. The number of amides is 2. The Hall–Kier alpha value is -3.77. The van der Waals surface area contributed by atoms with Gasteiger partial charge in [-0.05, 0) is 60.8 Å². The van der Waals surface area contributed by atoms with Crippen molar-refractivity contribution in [1.29, 1.82) is 0 Å². The van der Waals surface area contributed by atoms with Crippen molar-refractivity contribution in [3.63, 3.8) is 0 Å². The fourth-order valence-electron chi connectivity index (χ4n) is 4.23. The van der Waals surface area contributed by atoms with Gasteiger partial charge in [0.2, 0.25) is 11.8 Å². The molecule has 36 heavy (non-hydrogen) atoms. The van der Waals surface area contributed by atoms with Crippen molar-refractivity contribution < 1.29 is 22.4 Å². The minimum Gasteiger partial charge on any atom is -0.335 e. The van der Waals surface area contributed by atoms with Crippen LogP contribution in [0.25, 0.3) is 10.9 Å². The second kappa shape index (κ2) is 9.36. The van der Waals surface area contributed by atoms with Gasteiger partial charge in [-0.15, -0.1) is 11.3 Å². The lowest BCUT2D eigenvalue weighted by Gasteiger charge is -2.35. The van der Waals surface area contributed by atoms with Crippen LogP contribution >= 0.6 is 11.3 Å². The number of fused-ring (bicyclic) bond motifs is 1. The molecule has 0 saturated carbocycles. The SMILES string of the molecule is CC(C(=O)N1CCN(c2ccc(S(=O)(=O)Nc3nccs3)cc2)C(=O)C1)n1ccc2ccc(F)cc21. The number of aromatic nitrogens is 2. The van der Waals surface area contributed by atoms with Crippen LogP contribution in [0.4, 0.5) is 15.2 Å². The van der Waals surface area contributed by atoms with E-state index < -0.39 is 16.1 Å². The zero-order valence-corrected chi connectivity index (χ0v) is 20.8. The average Bonchev–Trinajstić information content (AvgIpc) is 3.52. The largest absolute Gasteiger partial charge is 0.335 e. The molecule has 3 heterocycles. The molecule has 1 N–H and O–H groups in total. The van der Waals surface area contributed by atoms with Gasteiger partial charge in [-0.3, -0.25) is 14.3 Å². The number of anilines is 2. The molecule has 9 nitrogen and oxygen atoms in total. The monoisotopic (exact) mass is 527 g/mol. The molecule has 0 spiro atoms. The Morgan fingerprint density at radius 2 is 1.92 bits per heavy atom. The van der Waals surface area contributed by atoms with Crippen molar-refractivity contribution in [1.82, 2.24) is 14.5 Å². The maximum absolute atomic E-state index is 13.7. The number of hydrogen-bond donors (Lipinski definition) is 1. The van der Waals surface area contributed by atoms with E-state index in [-0.39, 0.29) is 40.7 Å². The Bertz CT molecular complexity index is 1530. The summed E-state index contributed by atoms with van der Waals surface area (Å²) in [7, 11) is -3.80. The number of thiazole rings is 1. The number of rotatable bonds is 6. The van der Waals surface area contributed by atoms with Gasteiger partial charge in [-0.1, -0.05) is 0 Å². The van der Waals surface area contributed by atoms with E-state index in [9.17, 15) is 22.4 Å². The number of carbonyl (C=O) groups is 2. The lowest BCUT2D eigenvalue weighted by atomic mass is 10.2. The van der Waals surface area contributed by atoms with Crippen LogP contribution < -0.4 is 9.62 Å². The first-order valence-electron chi connectivity index (χ1n) is 11.1. The molecule has 1 atom stereocenters. The van der Waals surface area contributed by atoms with Gasteiger partial charge in [-0.2, -0.15) is 0 Å². The third kappa shape index (κ3) is 4.56. The molecule has 2 amide bonds. The van der Waals surface area contributed by atoms with E-state index in [4.69, 9.17) is 0 Å². The highest BCUT2D eigenvalue weighted by Gasteiger charge is 2.31. The van der Waals surface area contributed by atoms with E-state index in [1.54, 1.807) is 41.3 Å². The second-order valence-corrected chi connectivity index (χ2v) is 10.9. The van der Waals surface area contributed by atoms with Crippen molar-refractivity contribution in [3.8, 4) is 0 Å². The Morgan fingerprint density at radius 1 is 1.14 bits per heavy atom. The lowest BCUT2D eigenvalue weighted by Crippen LogP contribution is -2.53. The Balaban J connectivity index is 1.26. The Labute approximate surface area is 210 Å². The van der Waals surface area contributed by atoms with Gasteiger partial charge < -0.3 is 14.4 Å². The molecule has 0 bridgehead atoms. The predicted octanol–water partition coefficient (Wildman–Crippen LogP) is 3.47. The molecule has 5 rings (SSSR count). The fraction of sp³-hybridized carbons (Fsp3) is 0.208. The number of hydrogen-bond acceptors (Lipinski definition) is 6. The van der Waals surface area contributed by atoms with Gasteiger partial charge in [0.15, 0.2) is 5.13 Å². The molecule has 1 unspecified atom stereocenters. The van der Waals surface area contributed by atoms with E-state index in [1.165, 1.54) is 51.6 Å². The highest BCUT2D eigenvalue weighted by atomic mass is 32.2. The molecule has 0 radical (unpaired) electrons. The average molecular weight is 528 g/mol. The summed E-state index contributed by atoms with van der Waals surface area (Å²) in [5, 5.41) is 2.75. The molecular formula is C24H22FN5O4S2. The highest BCUT2D eigenvalue weighted by molar-refractivity contribution is 7.93. The summed E-state index contributed by atoms with van der Waals surface area (Å²) >= 11 is 1.17. The molecule has 1 saturated heterocycles. The van der Waals surface area contributed by atoms with Crippen LogP contribution in [-0.2, 0) is 19.6 Å². The van der Waals surface area contributed by atoms with Crippen molar-refractivity contribution in [2.75, 3.05) is 29.3 Å². The first-order valence-corrected chi connectivity index (χ1v) is 13.5. The van der Waals surface area contributed by atoms with E-state index in [2.05, 4.69) is 9.71 Å². The Kier molecular flexibility index (Phi) is 6.22. The summed E-state index contributed by atoms with van der Waals surface area (Å²) in [6, 6.07) is 11.6. The second-order valence-electron chi connectivity index (χ2n) is 8.34. The summed E-state index contributed by atoms with van der Waals surface area (Å²) in [5.74, 6) is -0.898. The quantitative estimate of drug-likeness (QED) is 0.414. The maximum atomic E-state index is 13.7. The van der Waals surface area contributed by atoms with Crippen molar-refractivity contribution in [2.45, 2.75) is 17.9 Å². The first-order chi connectivity index (χ1) is 17.2. The summed E-state index contributed by atoms with van der Waals surface area (Å²) < 4.78 is 42.9. The van der Waals surface area contributed by atoms with Crippen LogP contribution in [0.15, 0.2) is 71.2 Å². The minimum atomic E-state index is -3.80. The standard InChI is InChI=1S/C24H22FN5O4S2/c1-16(29-10-8-17-2-3-18(25)14-21(17)29)23(32)28-11-12-30(22(31)15-28)19-4-6-20(7-5-19)36(33,34)27-24-26-9-13-35-24/h2-10,13-14,16H,11-12,15H2,1H3,(H,26,27). The Morgan fingerprint density at radius 3 is 2.61 bits per heavy atom. The molecule has 1 aliphatic rings. The van der Waals surface area contributed by atoms with E-state index in [0.717, 1.165) is 5.39 Å². The number of halogens is 1. The number of nitrogens with zero attached hydrogens (tertiary/aromatic N) is 4. The predicted molar refractivity (Wildman–Crippen MR) is 135 cm³/mol. The van der Waals surface area contributed by atoms with E-state index in [1.807, 2.05) is 6.07 Å². The molecule has 0 aliphatic carbocycles. The molecule has 2 aromatic carbocycles. The summed E-state index contributed by atoms with van der Waals surface area (Å²) in [5.41, 5.74) is 1.15. The van der Waals surface area contributed by atoms with Crippen molar-refractivity contribution in [3.05, 3.63) is 72.1 Å². The van der Waals surface area contributed by atoms with Gasteiger partial charge in [0, 0.05) is 36.6 Å². The molecule has 186 valence electrons. The lowest BCUT2D eigenvalue weighted by molar-refractivity contribution is -0.139. The third-order valence-electron chi connectivity index (χ3n) is 6.11. The van der Waals surface area contributed by atoms with Crippen LogP contribution in [0.2, 0.25) is 0 Å². The first kappa shape index (κ1) is 23.9. The summed E-state index contributed by atoms with van der Waals surface area (Å²) in [6.07, 6.45) is 3.24. The van der Waals surface area contributed by atoms with Crippen molar-refractivity contribution >= 4 is 54.9 Å². The van der Waals surface area contributed by atoms with Crippen molar-refractivity contribution in [2.24, 2.45) is 0 Å². The van der Waals surface area contributed by atoms with E-state index in [0.29, 0.717) is 17.7 Å². The molecule has 4 aromatic rings. The molecule has 2 aromatic heterocycles. The van der Waals surface area contributed by atoms with Crippen LogP contribution in [0.1, 0.15) is 13.0 Å². The molecule has 1 fully saturated rings. The molecule has 12 heteroatoms. The zero-order valence-electron chi connectivity index (χ0n) is 19.2. The number of benzene rings is 2. The number of nitrogens with one attached hydrogen (secondary N) is 1. The fourth-order valence-corrected chi connectivity index (χ4v) is 6.02. The maximum Gasteiger partial charge on any atom is 0.263 e. The van der Waals surface area contributed by atoms with Crippen LogP contribution in [0.5, 0.6) is 0 Å². The third-order valence-corrected chi connectivity index (χ3v) is 8.28.